The summed E-state index contributed by atoms with van der Waals surface area (Å²) in [5.41, 5.74) is 1.91. The minimum atomic E-state index is 0.264. The zero-order valence-corrected chi connectivity index (χ0v) is 8.54. The number of aromatic hydroxyl groups is 1. The standard InChI is InChI=1S/C13H10N2O/c16-12-7-5-11(6-8-12)15-9-10-3-1-2-4-13(10)14-15/h1-9,16H. The summed E-state index contributed by atoms with van der Waals surface area (Å²) in [7, 11) is 0. The fourth-order valence-corrected chi connectivity index (χ4v) is 1.70. The first kappa shape index (κ1) is 8.97. The number of hydrogen-bond donors (Lipinski definition) is 1. The minimum Gasteiger partial charge on any atom is -0.508 e. The molecule has 0 unspecified atom stereocenters. The van der Waals surface area contributed by atoms with E-state index in [1.54, 1.807) is 12.1 Å². The Labute approximate surface area is 92.6 Å². The van der Waals surface area contributed by atoms with Gasteiger partial charge < -0.3 is 5.11 Å². The van der Waals surface area contributed by atoms with Crippen LogP contribution in [-0.4, -0.2) is 14.9 Å². The largest absolute Gasteiger partial charge is 0.508 e. The van der Waals surface area contributed by atoms with Gasteiger partial charge in [0.15, 0.2) is 0 Å². The maximum Gasteiger partial charge on any atom is 0.115 e. The van der Waals surface area contributed by atoms with Gasteiger partial charge in [-0.05, 0) is 30.3 Å². The Morgan fingerprint density at radius 1 is 0.938 bits per heavy atom. The average molecular weight is 210 g/mol. The molecule has 0 aliphatic rings. The Balaban J connectivity index is 2.15. The van der Waals surface area contributed by atoms with Crippen molar-refractivity contribution in [3.05, 3.63) is 54.7 Å². The van der Waals surface area contributed by atoms with E-state index in [1.165, 1.54) is 0 Å². The van der Waals surface area contributed by atoms with E-state index < -0.39 is 0 Å². The van der Waals surface area contributed by atoms with Gasteiger partial charge in [-0.1, -0.05) is 18.2 Å². The monoisotopic (exact) mass is 210 g/mol. The van der Waals surface area contributed by atoms with E-state index in [0.29, 0.717) is 0 Å². The summed E-state index contributed by atoms with van der Waals surface area (Å²) in [5.74, 6) is 0.264. The molecule has 3 heteroatoms. The van der Waals surface area contributed by atoms with Crippen LogP contribution in [0.25, 0.3) is 16.6 Å². The Bertz CT molecular complexity index is 593. The van der Waals surface area contributed by atoms with E-state index in [0.717, 1.165) is 16.6 Å². The van der Waals surface area contributed by atoms with E-state index in [2.05, 4.69) is 5.10 Å². The van der Waals surface area contributed by atoms with Crippen LogP contribution in [-0.2, 0) is 0 Å². The van der Waals surface area contributed by atoms with Crippen molar-refractivity contribution in [2.45, 2.75) is 0 Å². The highest BCUT2D eigenvalue weighted by Gasteiger charge is 2.01. The van der Waals surface area contributed by atoms with E-state index >= 15 is 0 Å². The van der Waals surface area contributed by atoms with Crippen LogP contribution in [0.15, 0.2) is 54.7 Å². The summed E-state index contributed by atoms with van der Waals surface area (Å²) in [4.78, 5) is 0. The summed E-state index contributed by atoms with van der Waals surface area (Å²) in [5, 5.41) is 14.8. The van der Waals surface area contributed by atoms with Crippen LogP contribution in [0, 0.1) is 0 Å². The summed E-state index contributed by atoms with van der Waals surface area (Å²) in [6.07, 6.45) is 1.97. The van der Waals surface area contributed by atoms with E-state index in [1.807, 2.05) is 47.3 Å². The number of hydrogen-bond acceptors (Lipinski definition) is 2. The fraction of sp³-hybridized carbons (Fsp3) is 0. The summed E-state index contributed by atoms with van der Waals surface area (Å²) in [6.45, 7) is 0. The molecule has 0 aliphatic heterocycles. The van der Waals surface area contributed by atoms with Gasteiger partial charge in [0.25, 0.3) is 0 Å². The highest BCUT2D eigenvalue weighted by molar-refractivity contribution is 5.78. The summed E-state index contributed by atoms with van der Waals surface area (Å²) in [6, 6.07) is 14.9. The number of phenolic OH excluding ortho intramolecular Hbond substituents is 1. The molecular weight excluding hydrogens is 200 g/mol. The third-order valence-electron chi connectivity index (χ3n) is 2.53. The van der Waals surface area contributed by atoms with Gasteiger partial charge >= 0.3 is 0 Å². The first-order valence-electron chi connectivity index (χ1n) is 5.07. The molecule has 0 bridgehead atoms. The molecular formula is C13H10N2O. The smallest absolute Gasteiger partial charge is 0.115 e. The van der Waals surface area contributed by atoms with Crippen molar-refractivity contribution in [1.29, 1.82) is 0 Å². The van der Waals surface area contributed by atoms with Gasteiger partial charge in [-0.15, -0.1) is 0 Å². The van der Waals surface area contributed by atoms with Crippen LogP contribution >= 0.6 is 0 Å². The topological polar surface area (TPSA) is 38.0 Å². The molecule has 1 heterocycles. The minimum absolute atomic E-state index is 0.264. The highest BCUT2D eigenvalue weighted by Crippen LogP contribution is 2.17. The van der Waals surface area contributed by atoms with Crippen LogP contribution in [0.1, 0.15) is 0 Å². The van der Waals surface area contributed by atoms with Gasteiger partial charge in [-0.3, -0.25) is 0 Å². The van der Waals surface area contributed by atoms with Gasteiger partial charge in [0.2, 0.25) is 0 Å². The lowest BCUT2D eigenvalue weighted by molar-refractivity contribution is 0.475. The maximum absolute atomic E-state index is 9.21. The molecule has 0 spiro atoms. The van der Waals surface area contributed by atoms with Crippen LogP contribution < -0.4 is 0 Å². The Kier molecular flexibility index (Phi) is 1.90. The number of fused-ring (bicyclic) bond motifs is 1. The fourth-order valence-electron chi connectivity index (χ4n) is 1.70. The van der Waals surface area contributed by atoms with E-state index in [9.17, 15) is 5.11 Å². The summed E-state index contributed by atoms with van der Waals surface area (Å²) >= 11 is 0. The van der Waals surface area contributed by atoms with Gasteiger partial charge in [0.05, 0.1) is 11.2 Å². The molecule has 16 heavy (non-hydrogen) atoms. The Morgan fingerprint density at radius 3 is 2.44 bits per heavy atom. The van der Waals surface area contributed by atoms with E-state index in [-0.39, 0.29) is 5.75 Å². The maximum atomic E-state index is 9.21. The van der Waals surface area contributed by atoms with Crippen molar-refractivity contribution < 1.29 is 5.11 Å². The SMILES string of the molecule is Oc1ccc(-n2cc3ccccc3n2)cc1. The second kappa shape index (κ2) is 3.38. The van der Waals surface area contributed by atoms with Gasteiger partial charge in [0.1, 0.15) is 5.75 Å². The predicted octanol–water partition coefficient (Wildman–Crippen LogP) is 2.73. The molecule has 1 N–H and O–H groups in total. The lowest BCUT2D eigenvalue weighted by Crippen LogP contribution is -1.92. The van der Waals surface area contributed by atoms with Crippen LogP contribution in [0.5, 0.6) is 5.75 Å². The second-order valence-electron chi connectivity index (χ2n) is 3.65. The number of aromatic nitrogens is 2. The summed E-state index contributed by atoms with van der Waals surface area (Å²) < 4.78 is 1.81. The average Bonchev–Trinajstić information content (AvgIpc) is 2.73. The van der Waals surface area contributed by atoms with Crippen molar-refractivity contribution in [1.82, 2.24) is 9.78 Å². The molecule has 0 fully saturated rings. The zero-order valence-electron chi connectivity index (χ0n) is 8.54. The highest BCUT2D eigenvalue weighted by atomic mass is 16.3. The van der Waals surface area contributed by atoms with Crippen LogP contribution in [0.2, 0.25) is 0 Å². The predicted molar refractivity (Wildman–Crippen MR) is 62.7 cm³/mol. The third kappa shape index (κ3) is 1.42. The number of benzene rings is 2. The van der Waals surface area contributed by atoms with Crippen molar-refractivity contribution in [2.24, 2.45) is 0 Å². The molecule has 78 valence electrons. The van der Waals surface area contributed by atoms with Crippen molar-refractivity contribution in [3.63, 3.8) is 0 Å². The van der Waals surface area contributed by atoms with Crippen molar-refractivity contribution in [3.8, 4) is 11.4 Å². The molecule has 0 amide bonds. The number of phenols is 1. The molecule has 0 atom stereocenters. The van der Waals surface area contributed by atoms with Crippen LogP contribution in [0.3, 0.4) is 0 Å². The zero-order chi connectivity index (χ0) is 11.0. The second-order valence-corrected chi connectivity index (χ2v) is 3.65. The quantitative estimate of drug-likeness (QED) is 0.670. The van der Waals surface area contributed by atoms with Gasteiger partial charge in [-0.25, -0.2) is 4.68 Å². The molecule has 3 aromatic rings. The molecule has 0 aliphatic carbocycles. The lowest BCUT2D eigenvalue weighted by Gasteiger charge is -1.99. The molecule has 2 aromatic carbocycles. The first-order valence-corrected chi connectivity index (χ1v) is 5.07. The third-order valence-corrected chi connectivity index (χ3v) is 2.53. The van der Waals surface area contributed by atoms with Crippen molar-refractivity contribution in [2.75, 3.05) is 0 Å². The molecule has 1 aromatic heterocycles. The van der Waals surface area contributed by atoms with Crippen molar-refractivity contribution >= 4 is 10.9 Å². The normalized spacial score (nSPS) is 10.8. The molecule has 0 saturated heterocycles. The lowest BCUT2D eigenvalue weighted by atomic mass is 10.3. The molecule has 3 rings (SSSR count). The molecule has 3 nitrogen and oxygen atoms in total. The van der Waals surface area contributed by atoms with Gasteiger partial charge in [-0.2, -0.15) is 5.10 Å². The Hall–Kier alpha value is -2.29. The Morgan fingerprint density at radius 2 is 1.69 bits per heavy atom. The number of rotatable bonds is 1. The molecule has 0 saturated carbocycles. The van der Waals surface area contributed by atoms with Crippen LogP contribution in [0.4, 0.5) is 0 Å². The molecule has 0 radical (unpaired) electrons. The number of nitrogens with zero attached hydrogens (tertiary/aromatic N) is 2. The van der Waals surface area contributed by atoms with E-state index in [4.69, 9.17) is 0 Å². The van der Waals surface area contributed by atoms with Gasteiger partial charge in [0, 0.05) is 11.6 Å². The first-order chi connectivity index (χ1) is 7.83.